The molecule has 0 radical (unpaired) electrons. The van der Waals surface area contributed by atoms with Crippen molar-refractivity contribution < 1.29 is 14.3 Å². The number of carbonyl (C=O) groups excluding carboxylic acids is 1. The number of methoxy groups -OCH3 is 1. The molecule has 1 aromatic rings. The molecular weight excluding hydrogens is 310 g/mol. The number of benzene rings is 1. The second kappa shape index (κ2) is 6.39. The summed E-state index contributed by atoms with van der Waals surface area (Å²) >= 11 is 3.44. The molecule has 1 saturated heterocycles. The highest BCUT2D eigenvalue weighted by Crippen LogP contribution is 2.32. The monoisotopic (exact) mass is 327 g/mol. The Morgan fingerprint density at radius 3 is 3.00 bits per heavy atom. The minimum absolute atomic E-state index is 0.158. The second-order valence-corrected chi connectivity index (χ2v) is 5.39. The van der Waals surface area contributed by atoms with Gasteiger partial charge < -0.3 is 14.8 Å². The largest absolute Gasteiger partial charge is 0.496 e. The molecule has 1 heterocycles. The minimum atomic E-state index is -0.195. The molecular formula is C14H18BrNO3. The van der Waals surface area contributed by atoms with Crippen LogP contribution in [0.3, 0.4) is 0 Å². The number of ether oxygens (including phenoxy) is 2. The zero-order valence-electron chi connectivity index (χ0n) is 11.1. The topological polar surface area (TPSA) is 47.6 Å². The van der Waals surface area contributed by atoms with Gasteiger partial charge in [0.2, 0.25) is 0 Å². The fourth-order valence-electron chi connectivity index (χ4n) is 2.34. The predicted molar refractivity (Wildman–Crippen MR) is 76.5 cm³/mol. The first-order valence-electron chi connectivity index (χ1n) is 6.39. The van der Waals surface area contributed by atoms with Crippen molar-refractivity contribution in [1.29, 1.82) is 0 Å². The summed E-state index contributed by atoms with van der Waals surface area (Å²) in [6.07, 6.45) is 0.767. The second-order valence-electron chi connectivity index (χ2n) is 4.54. The summed E-state index contributed by atoms with van der Waals surface area (Å²) in [5, 5.41) is 3.21. The summed E-state index contributed by atoms with van der Waals surface area (Å²) in [5.74, 6) is 0.975. The Kier molecular flexibility index (Phi) is 4.82. The van der Waals surface area contributed by atoms with Crippen LogP contribution in [0.25, 0.3) is 0 Å². The van der Waals surface area contributed by atoms with E-state index >= 15 is 0 Å². The molecule has 0 aliphatic carbocycles. The smallest absolute Gasteiger partial charge is 0.323 e. The van der Waals surface area contributed by atoms with Crippen molar-refractivity contribution in [2.45, 2.75) is 25.3 Å². The van der Waals surface area contributed by atoms with Crippen LogP contribution in [0.15, 0.2) is 22.7 Å². The fraction of sp³-hybridized carbons (Fsp3) is 0.500. The molecule has 1 N–H and O–H groups in total. The van der Waals surface area contributed by atoms with Crippen LogP contribution >= 0.6 is 15.9 Å². The van der Waals surface area contributed by atoms with E-state index in [9.17, 15) is 4.79 Å². The third-order valence-corrected chi connectivity index (χ3v) is 4.00. The molecule has 1 fully saturated rings. The van der Waals surface area contributed by atoms with Crippen molar-refractivity contribution in [3.63, 3.8) is 0 Å². The zero-order valence-corrected chi connectivity index (χ0v) is 12.7. The van der Waals surface area contributed by atoms with E-state index in [0.717, 1.165) is 23.2 Å². The van der Waals surface area contributed by atoms with Crippen molar-refractivity contribution in [1.82, 2.24) is 5.32 Å². The molecule has 0 amide bonds. The number of nitrogens with one attached hydrogen (secondary N) is 1. The van der Waals surface area contributed by atoms with Gasteiger partial charge in [-0.25, -0.2) is 0 Å². The molecule has 2 rings (SSSR count). The van der Waals surface area contributed by atoms with E-state index in [1.807, 2.05) is 19.1 Å². The van der Waals surface area contributed by atoms with Crippen molar-refractivity contribution in [2.24, 2.45) is 0 Å². The molecule has 2 unspecified atom stereocenters. The van der Waals surface area contributed by atoms with Crippen LogP contribution in [-0.2, 0) is 9.53 Å². The molecule has 1 aliphatic rings. The van der Waals surface area contributed by atoms with Gasteiger partial charge in [-0.1, -0.05) is 6.07 Å². The lowest BCUT2D eigenvalue weighted by atomic mass is 9.96. The minimum Gasteiger partial charge on any atom is -0.496 e. The maximum Gasteiger partial charge on any atom is 0.323 e. The lowest BCUT2D eigenvalue weighted by molar-refractivity contribution is -0.145. The molecule has 4 nitrogen and oxygen atoms in total. The SMILES string of the molecule is CCOC(=O)C1CC(c2ccc(Br)c(OC)c2)CN1. The van der Waals surface area contributed by atoms with Gasteiger partial charge in [0.15, 0.2) is 0 Å². The van der Waals surface area contributed by atoms with Gasteiger partial charge in [-0.2, -0.15) is 0 Å². The van der Waals surface area contributed by atoms with Gasteiger partial charge >= 0.3 is 5.97 Å². The Morgan fingerprint density at radius 2 is 2.32 bits per heavy atom. The van der Waals surface area contributed by atoms with E-state index in [4.69, 9.17) is 9.47 Å². The summed E-state index contributed by atoms with van der Waals surface area (Å²) < 4.78 is 11.3. The Morgan fingerprint density at radius 1 is 1.53 bits per heavy atom. The lowest BCUT2D eigenvalue weighted by Crippen LogP contribution is -2.32. The highest BCUT2D eigenvalue weighted by molar-refractivity contribution is 9.10. The van der Waals surface area contributed by atoms with Crippen LogP contribution in [0.5, 0.6) is 5.75 Å². The number of hydrogen-bond acceptors (Lipinski definition) is 4. The number of rotatable bonds is 4. The number of esters is 1. The van der Waals surface area contributed by atoms with Crippen LogP contribution < -0.4 is 10.1 Å². The maximum atomic E-state index is 11.7. The van der Waals surface area contributed by atoms with Crippen molar-refractivity contribution in [3.8, 4) is 5.75 Å². The van der Waals surface area contributed by atoms with Gasteiger partial charge in [0.05, 0.1) is 18.2 Å². The Balaban J connectivity index is 2.06. The van der Waals surface area contributed by atoms with E-state index in [1.54, 1.807) is 7.11 Å². The van der Waals surface area contributed by atoms with Gasteiger partial charge in [-0.3, -0.25) is 4.79 Å². The molecule has 2 atom stereocenters. The third-order valence-electron chi connectivity index (χ3n) is 3.35. The molecule has 5 heteroatoms. The first-order chi connectivity index (χ1) is 9.15. The Bertz CT molecular complexity index is 464. The van der Waals surface area contributed by atoms with E-state index in [-0.39, 0.29) is 12.0 Å². The van der Waals surface area contributed by atoms with Gasteiger partial charge in [-0.05, 0) is 52.9 Å². The molecule has 1 aliphatic heterocycles. The summed E-state index contributed by atoms with van der Waals surface area (Å²) in [5.41, 5.74) is 1.18. The summed E-state index contributed by atoms with van der Waals surface area (Å²) in [6.45, 7) is 3.03. The van der Waals surface area contributed by atoms with Crippen molar-refractivity contribution in [3.05, 3.63) is 28.2 Å². The quantitative estimate of drug-likeness (QED) is 0.863. The van der Waals surface area contributed by atoms with Crippen LogP contribution in [-0.4, -0.2) is 32.3 Å². The summed E-state index contributed by atoms with van der Waals surface area (Å²) in [7, 11) is 1.65. The average Bonchev–Trinajstić information content (AvgIpc) is 2.89. The number of halogens is 1. The zero-order chi connectivity index (χ0) is 13.8. The normalized spacial score (nSPS) is 22.3. The van der Waals surface area contributed by atoms with Gasteiger partial charge in [-0.15, -0.1) is 0 Å². The molecule has 1 aromatic carbocycles. The van der Waals surface area contributed by atoms with Crippen molar-refractivity contribution in [2.75, 3.05) is 20.3 Å². The first kappa shape index (κ1) is 14.3. The van der Waals surface area contributed by atoms with E-state index in [0.29, 0.717) is 12.5 Å². The summed E-state index contributed by atoms with van der Waals surface area (Å²) in [4.78, 5) is 11.7. The highest BCUT2D eigenvalue weighted by Gasteiger charge is 2.31. The van der Waals surface area contributed by atoms with Gasteiger partial charge in [0, 0.05) is 6.54 Å². The predicted octanol–water partition coefficient (Wildman–Crippen LogP) is 2.47. The molecule has 0 bridgehead atoms. The molecule has 19 heavy (non-hydrogen) atoms. The fourth-order valence-corrected chi connectivity index (χ4v) is 2.75. The number of hydrogen-bond donors (Lipinski definition) is 1. The highest BCUT2D eigenvalue weighted by atomic mass is 79.9. The van der Waals surface area contributed by atoms with E-state index < -0.39 is 0 Å². The first-order valence-corrected chi connectivity index (χ1v) is 7.18. The lowest BCUT2D eigenvalue weighted by Gasteiger charge is -2.12. The molecule has 0 aromatic heterocycles. The van der Waals surface area contributed by atoms with Crippen LogP contribution in [0, 0.1) is 0 Å². The van der Waals surface area contributed by atoms with Crippen LogP contribution in [0.2, 0.25) is 0 Å². The Labute approximate surface area is 121 Å². The Hall–Kier alpha value is -1.07. The van der Waals surface area contributed by atoms with E-state index in [1.165, 1.54) is 5.56 Å². The third kappa shape index (κ3) is 3.28. The molecule has 104 valence electrons. The van der Waals surface area contributed by atoms with Crippen molar-refractivity contribution >= 4 is 21.9 Å². The van der Waals surface area contributed by atoms with E-state index in [2.05, 4.69) is 27.3 Å². The molecule has 0 saturated carbocycles. The number of carbonyl (C=O) groups is 1. The van der Waals surface area contributed by atoms with Crippen LogP contribution in [0.1, 0.15) is 24.8 Å². The van der Waals surface area contributed by atoms with Gasteiger partial charge in [0.1, 0.15) is 11.8 Å². The summed E-state index contributed by atoms with van der Waals surface area (Å²) in [6, 6.07) is 5.86. The van der Waals surface area contributed by atoms with Crippen LogP contribution in [0.4, 0.5) is 0 Å². The average molecular weight is 328 g/mol. The maximum absolute atomic E-state index is 11.7. The molecule has 0 spiro atoms. The van der Waals surface area contributed by atoms with Gasteiger partial charge in [0.25, 0.3) is 0 Å². The standard InChI is InChI=1S/C14H18BrNO3/c1-3-19-14(17)12-6-10(8-16-12)9-4-5-11(15)13(7-9)18-2/h4-5,7,10,12,16H,3,6,8H2,1-2H3.